The van der Waals surface area contributed by atoms with E-state index in [2.05, 4.69) is 40.5 Å². The van der Waals surface area contributed by atoms with E-state index >= 15 is 0 Å². The number of aromatic nitrogens is 3. The lowest BCUT2D eigenvalue weighted by atomic mass is 10.1. The maximum absolute atomic E-state index is 4.31. The molecule has 102 valence electrons. The Bertz CT molecular complexity index is 646. The summed E-state index contributed by atoms with van der Waals surface area (Å²) >= 11 is 1.68. The predicted octanol–water partition coefficient (Wildman–Crippen LogP) is 3.18. The zero-order chi connectivity index (χ0) is 13.8. The van der Waals surface area contributed by atoms with Gasteiger partial charge in [-0.2, -0.15) is 5.10 Å². The third kappa shape index (κ3) is 2.79. The van der Waals surface area contributed by atoms with Gasteiger partial charge in [0.2, 0.25) is 0 Å². The van der Waals surface area contributed by atoms with Crippen LogP contribution < -0.4 is 5.32 Å². The van der Waals surface area contributed by atoms with Gasteiger partial charge in [-0.25, -0.2) is 4.68 Å². The van der Waals surface area contributed by atoms with E-state index in [0.717, 1.165) is 12.2 Å². The Morgan fingerprint density at radius 1 is 1.30 bits per heavy atom. The lowest BCUT2D eigenvalue weighted by Crippen LogP contribution is -2.18. The summed E-state index contributed by atoms with van der Waals surface area (Å²) in [5, 5.41) is 7.84. The van der Waals surface area contributed by atoms with Crippen molar-refractivity contribution >= 4 is 11.3 Å². The van der Waals surface area contributed by atoms with Crippen LogP contribution in [0.5, 0.6) is 0 Å². The lowest BCUT2D eigenvalue weighted by molar-refractivity contribution is 0.580. The van der Waals surface area contributed by atoms with Crippen LogP contribution in [-0.4, -0.2) is 14.8 Å². The van der Waals surface area contributed by atoms with Crippen molar-refractivity contribution in [3.05, 3.63) is 64.9 Å². The minimum atomic E-state index is 0.299. The van der Waals surface area contributed by atoms with Crippen LogP contribution in [-0.2, 0) is 6.54 Å². The van der Waals surface area contributed by atoms with Gasteiger partial charge < -0.3 is 5.32 Å². The predicted molar refractivity (Wildman–Crippen MR) is 80.9 cm³/mol. The first-order chi connectivity index (χ1) is 9.84. The van der Waals surface area contributed by atoms with Crippen molar-refractivity contribution in [2.75, 3.05) is 0 Å². The van der Waals surface area contributed by atoms with Crippen LogP contribution in [0.15, 0.2) is 54.4 Å². The van der Waals surface area contributed by atoms with Gasteiger partial charge in [-0.05, 0) is 24.6 Å². The molecule has 1 N–H and O–H groups in total. The maximum Gasteiger partial charge on any atom is 0.0794 e. The van der Waals surface area contributed by atoms with Crippen molar-refractivity contribution in [3.63, 3.8) is 0 Å². The highest BCUT2D eigenvalue weighted by Crippen LogP contribution is 2.18. The lowest BCUT2D eigenvalue weighted by Gasteiger charge is -2.14. The molecule has 0 aliphatic carbocycles. The molecule has 1 aromatic carbocycles. The smallest absolute Gasteiger partial charge is 0.0794 e. The molecule has 0 saturated carbocycles. The summed E-state index contributed by atoms with van der Waals surface area (Å²) in [6, 6.07) is 10.5. The maximum atomic E-state index is 4.31. The number of hydrogen-bond acceptors (Lipinski definition) is 4. The minimum absolute atomic E-state index is 0.299. The monoisotopic (exact) mass is 284 g/mol. The summed E-state index contributed by atoms with van der Waals surface area (Å²) in [5.41, 5.74) is 4.21. The Hall–Kier alpha value is -1.98. The minimum Gasteiger partial charge on any atom is -0.305 e. The van der Waals surface area contributed by atoms with Crippen molar-refractivity contribution in [3.8, 4) is 5.69 Å². The van der Waals surface area contributed by atoms with Gasteiger partial charge in [0.15, 0.2) is 0 Å². The summed E-state index contributed by atoms with van der Waals surface area (Å²) in [5.74, 6) is 0. The molecule has 3 aromatic rings. The molecular weight excluding hydrogens is 268 g/mol. The number of nitrogens with zero attached hydrogens (tertiary/aromatic N) is 3. The number of rotatable bonds is 5. The van der Waals surface area contributed by atoms with Gasteiger partial charge in [-0.15, -0.1) is 11.3 Å². The van der Waals surface area contributed by atoms with Gasteiger partial charge in [0.1, 0.15) is 0 Å². The molecule has 0 saturated heterocycles. The molecule has 5 heteroatoms. The zero-order valence-corrected chi connectivity index (χ0v) is 12.0. The summed E-state index contributed by atoms with van der Waals surface area (Å²) in [4.78, 5) is 5.37. The van der Waals surface area contributed by atoms with Crippen LogP contribution >= 0.6 is 11.3 Å². The van der Waals surface area contributed by atoms with Gasteiger partial charge in [0.25, 0.3) is 0 Å². The van der Waals surface area contributed by atoms with E-state index in [1.807, 2.05) is 34.7 Å². The average Bonchev–Trinajstić information content (AvgIpc) is 3.17. The summed E-state index contributed by atoms with van der Waals surface area (Å²) in [6.07, 6.45) is 5.68. The Kier molecular flexibility index (Phi) is 3.90. The van der Waals surface area contributed by atoms with Crippen molar-refractivity contribution in [2.45, 2.75) is 19.5 Å². The number of para-hydroxylation sites is 1. The molecule has 3 rings (SSSR count). The fourth-order valence-electron chi connectivity index (χ4n) is 2.10. The summed E-state index contributed by atoms with van der Waals surface area (Å²) in [7, 11) is 0. The molecule has 0 bridgehead atoms. The molecule has 0 spiro atoms. The largest absolute Gasteiger partial charge is 0.305 e. The highest BCUT2D eigenvalue weighted by atomic mass is 32.1. The summed E-state index contributed by atoms with van der Waals surface area (Å²) < 4.78 is 1.90. The number of benzene rings is 1. The first-order valence-corrected chi connectivity index (χ1v) is 7.42. The van der Waals surface area contributed by atoms with Gasteiger partial charge in [-0.1, -0.05) is 18.2 Å². The first-order valence-electron chi connectivity index (χ1n) is 6.54. The third-order valence-corrected chi connectivity index (χ3v) is 4.18. The molecule has 0 aliphatic rings. The fourth-order valence-corrected chi connectivity index (χ4v) is 2.75. The Balaban J connectivity index is 1.75. The molecule has 0 aliphatic heterocycles. The van der Waals surface area contributed by atoms with Crippen LogP contribution in [0.1, 0.15) is 23.4 Å². The second-order valence-electron chi connectivity index (χ2n) is 4.59. The Morgan fingerprint density at radius 2 is 2.20 bits per heavy atom. The van der Waals surface area contributed by atoms with E-state index in [0.29, 0.717) is 6.04 Å². The Labute approximate surface area is 122 Å². The summed E-state index contributed by atoms with van der Waals surface area (Å²) in [6.45, 7) is 2.96. The number of thiazole rings is 1. The van der Waals surface area contributed by atoms with Crippen molar-refractivity contribution in [1.29, 1.82) is 0 Å². The van der Waals surface area contributed by atoms with Gasteiger partial charge >= 0.3 is 0 Å². The zero-order valence-electron chi connectivity index (χ0n) is 11.2. The molecule has 20 heavy (non-hydrogen) atoms. The van der Waals surface area contributed by atoms with Gasteiger partial charge in [-0.3, -0.25) is 4.98 Å². The van der Waals surface area contributed by atoms with Crippen LogP contribution in [0.2, 0.25) is 0 Å². The van der Waals surface area contributed by atoms with E-state index in [1.165, 1.54) is 10.4 Å². The van der Waals surface area contributed by atoms with Crippen LogP contribution in [0.3, 0.4) is 0 Å². The van der Waals surface area contributed by atoms with Gasteiger partial charge in [0.05, 0.1) is 11.2 Å². The third-order valence-electron chi connectivity index (χ3n) is 3.22. The standard InChI is InChI=1S/C15H16N4S/c1-12(15-10-16-11-20-15)17-9-13-5-2-3-6-14(13)19-8-4-7-18-19/h2-8,10-12,17H,9H2,1H3. The number of nitrogens with one attached hydrogen (secondary N) is 1. The fraction of sp³-hybridized carbons (Fsp3) is 0.200. The normalized spacial score (nSPS) is 12.4. The van der Waals surface area contributed by atoms with Crippen LogP contribution in [0.4, 0.5) is 0 Å². The van der Waals surface area contributed by atoms with Gasteiger partial charge in [0, 0.05) is 36.1 Å². The second-order valence-corrected chi connectivity index (χ2v) is 5.50. The van der Waals surface area contributed by atoms with E-state index in [1.54, 1.807) is 17.5 Å². The van der Waals surface area contributed by atoms with E-state index < -0.39 is 0 Å². The quantitative estimate of drug-likeness (QED) is 0.782. The van der Waals surface area contributed by atoms with E-state index in [-0.39, 0.29) is 0 Å². The van der Waals surface area contributed by atoms with Crippen molar-refractivity contribution in [2.24, 2.45) is 0 Å². The van der Waals surface area contributed by atoms with Crippen molar-refractivity contribution in [1.82, 2.24) is 20.1 Å². The van der Waals surface area contributed by atoms with E-state index in [4.69, 9.17) is 0 Å². The topological polar surface area (TPSA) is 42.7 Å². The van der Waals surface area contributed by atoms with E-state index in [9.17, 15) is 0 Å². The second kappa shape index (κ2) is 5.98. The molecule has 1 atom stereocenters. The molecule has 1 unspecified atom stereocenters. The molecule has 0 amide bonds. The van der Waals surface area contributed by atoms with Crippen LogP contribution in [0, 0.1) is 0 Å². The highest BCUT2D eigenvalue weighted by Gasteiger charge is 2.09. The van der Waals surface area contributed by atoms with Crippen molar-refractivity contribution < 1.29 is 0 Å². The molecule has 0 radical (unpaired) electrons. The average molecular weight is 284 g/mol. The molecule has 2 aromatic heterocycles. The molecular formula is C15H16N4S. The SMILES string of the molecule is CC(NCc1ccccc1-n1cccn1)c1cncs1. The van der Waals surface area contributed by atoms with Crippen LogP contribution in [0.25, 0.3) is 5.69 Å². The highest BCUT2D eigenvalue weighted by molar-refractivity contribution is 7.09. The Morgan fingerprint density at radius 3 is 2.95 bits per heavy atom. The molecule has 0 fully saturated rings. The first kappa shape index (κ1) is 13.0. The number of hydrogen-bond donors (Lipinski definition) is 1. The molecule has 2 heterocycles. The molecule has 4 nitrogen and oxygen atoms in total.